The van der Waals surface area contributed by atoms with E-state index in [0.29, 0.717) is 5.16 Å². The summed E-state index contributed by atoms with van der Waals surface area (Å²) in [5, 5.41) is 13.2. The summed E-state index contributed by atoms with van der Waals surface area (Å²) < 4.78 is 2.00. The summed E-state index contributed by atoms with van der Waals surface area (Å²) in [5.41, 5.74) is 5.53. The van der Waals surface area contributed by atoms with Gasteiger partial charge < -0.3 is 4.57 Å². The Hall–Kier alpha value is -3.00. The van der Waals surface area contributed by atoms with E-state index in [9.17, 15) is 4.79 Å². The number of benzene rings is 1. The third-order valence-electron chi connectivity index (χ3n) is 3.76. The van der Waals surface area contributed by atoms with Crippen LogP contribution in [-0.2, 0) is 11.3 Å². The zero-order valence-electron chi connectivity index (χ0n) is 15.2. The average Bonchev–Trinajstić information content (AvgIpc) is 3.10. The fourth-order valence-corrected chi connectivity index (χ4v) is 3.18. The molecule has 0 saturated heterocycles. The molecular weight excluding hydrogens is 360 g/mol. The van der Waals surface area contributed by atoms with Crippen LogP contribution in [0.2, 0.25) is 0 Å². The molecule has 0 aliphatic heterocycles. The Morgan fingerprint density at radius 2 is 2.07 bits per heavy atom. The van der Waals surface area contributed by atoms with Crippen LogP contribution in [0.15, 0.2) is 59.0 Å². The summed E-state index contributed by atoms with van der Waals surface area (Å²) in [6.07, 6.45) is 4.90. The second-order valence-electron chi connectivity index (χ2n) is 5.78. The van der Waals surface area contributed by atoms with Gasteiger partial charge in [0.05, 0.1) is 12.0 Å². The number of amides is 1. The minimum Gasteiger partial charge on any atom is -0.302 e. The molecule has 0 fully saturated rings. The molecule has 138 valence electrons. The van der Waals surface area contributed by atoms with Crippen molar-refractivity contribution in [3.63, 3.8) is 0 Å². The van der Waals surface area contributed by atoms with E-state index < -0.39 is 0 Å². The van der Waals surface area contributed by atoms with Crippen molar-refractivity contribution in [2.24, 2.45) is 5.10 Å². The van der Waals surface area contributed by atoms with Crippen molar-refractivity contribution in [2.75, 3.05) is 5.75 Å². The Morgan fingerprint density at radius 1 is 1.26 bits per heavy atom. The second kappa shape index (κ2) is 9.09. The lowest BCUT2D eigenvalue weighted by atomic mass is 10.1. The summed E-state index contributed by atoms with van der Waals surface area (Å²) in [6, 6.07) is 11.8. The van der Waals surface area contributed by atoms with Crippen molar-refractivity contribution >= 4 is 23.9 Å². The molecule has 3 rings (SSSR count). The van der Waals surface area contributed by atoms with Gasteiger partial charge in [0.2, 0.25) is 0 Å². The van der Waals surface area contributed by atoms with Crippen LogP contribution in [0.4, 0.5) is 0 Å². The molecule has 0 atom stereocenters. The van der Waals surface area contributed by atoms with Crippen LogP contribution >= 0.6 is 11.8 Å². The quantitative estimate of drug-likeness (QED) is 0.387. The zero-order chi connectivity index (χ0) is 19.1. The highest BCUT2D eigenvalue weighted by molar-refractivity contribution is 7.99. The third-order valence-corrected chi connectivity index (χ3v) is 4.73. The van der Waals surface area contributed by atoms with Gasteiger partial charge in [-0.15, -0.1) is 10.2 Å². The molecule has 0 aliphatic carbocycles. The van der Waals surface area contributed by atoms with Gasteiger partial charge in [-0.1, -0.05) is 47.7 Å². The molecule has 1 amide bonds. The Labute approximate surface area is 161 Å². The van der Waals surface area contributed by atoms with Crippen molar-refractivity contribution < 1.29 is 4.79 Å². The third kappa shape index (κ3) is 5.01. The standard InChI is InChI=1S/C19H20N6OS/c1-3-25-18(16-8-6-14(2)7-9-16)23-24-19(25)27-13-17(26)22-21-12-15-5-4-10-20-11-15/h4-12H,3,13H2,1-2H3,(H,22,26)/b21-12+. The zero-order valence-corrected chi connectivity index (χ0v) is 16.0. The van der Waals surface area contributed by atoms with Gasteiger partial charge in [-0.25, -0.2) is 5.43 Å². The molecule has 7 nitrogen and oxygen atoms in total. The number of carbonyl (C=O) groups excluding carboxylic acids is 1. The summed E-state index contributed by atoms with van der Waals surface area (Å²) in [4.78, 5) is 16.0. The van der Waals surface area contributed by atoms with E-state index in [1.54, 1.807) is 18.6 Å². The molecule has 0 spiro atoms. The van der Waals surface area contributed by atoms with Crippen LogP contribution in [0.3, 0.4) is 0 Å². The van der Waals surface area contributed by atoms with Gasteiger partial charge in [-0.05, 0) is 19.9 Å². The lowest BCUT2D eigenvalue weighted by Gasteiger charge is -2.07. The predicted molar refractivity (Wildman–Crippen MR) is 107 cm³/mol. The minimum absolute atomic E-state index is 0.205. The molecule has 2 aromatic heterocycles. The number of rotatable bonds is 7. The van der Waals surface area contributed by atoms with Crippen molar-refractivity contribution in [2.45, 2.75) is 25.5 Å². The maximum atomic E-state index is 12.0. The Bertz CT molecular complexity index is 921. The van der Waals surface area contributed by atoms with Gasteiger partial charge >= 0.3 is 0 Å². The number of aryl methyl sites for hydroxylation is 1. The molecule has 1 aromatic carbocycles. The number of hydrazone groups is 1. The molecule has 2 heterocycles. The van der Waals surface area contributed by atoms with Gasteiger partial charge in [0.1, 0.15) is 0 Å². The van der Waals surface area contributed by atoms with Gasteiger partial charge in [-0.3, -0.25) is 9.78 Å². The van der Waals surface area contributed by atoms with Crippen molar-refractivity contribution in [3.05, 3.63) is 59.9 Å². The van der Waals surface area contributed by atoms with E-state index in [-0.39, 0.29) is 11.7 Å². The molecule has 3 aromatic rings. The number of nitrogens with zero attached hydrogens (tertiary/aromatic N) is 5. The van der Waals surface area contributed by atoms with Crippen LogP contribution in [0.25, 0.3) is 11.4 Å². The smallest absolute Gasteiger partial charge is 0.250 e. The molecular formula is C19H20N6OS. The molecule has 0 unspecified atom stereocenters. The number of hydrogen-bond donors (Lipinski definition) is 1. The number of thioether (sulfide) groups is 1. The first kappa shape index (κ1) is 18.8. The Morgan fingerprint density at radius 3 is 2.78 bits per heavy atom. The average molecular weight is 380 g/mol. The van der Waals surface area contributed by atoms with E-state index in [1.165, 1.54) is 17.3 Å². The first-order chi connectivity index (χ1) is 13.2. The summed E-state index contributed by atoms with van der Waals surface area (Å²) in [7, 11) is 0. The molecule has 0 saturated carbocycles. The lowest BCUT2D eigenvalue weighted by Crippen LogP contribution is -2.20. The van der Waals surface area contributed by atoms with E-state index >= 15 is 0 Å². The van der Waals surface area contributed by atoms with Crippen LogP contribution in [0.5, 0.6) is 0 Å². The summed E-state index contributed by atoms with van der Waals surface area (Å²) in [5.74, 6) is 0.800. The topological polar surface area (TPSA) is 85.1 Å². The SMILES string of the molecule is CCn1c(SCC(=O)N/N=C/c2cccnc2)nnc1-c1ccc(C)cc1. The van der Waals surface area contributed by atoms with Gasteiger partial charge in [-0.2, -0.15) is 5.10 Å². The van der Waals surface area contributed by atoms with Crippen molar-refractivity contribution in [1.82, 2.24) is 25.2 Å². The van der Waals surface area contributed by atoms with Crippen molar-refractivity contribution in [1.29, 1.82) is 0 Å². The first-order valence-electron chi connectivity index (χ1n) is 8.52. The number of carbonyl (C=O) groups is 1. The van der Waals surface area contributed by atoms with Crippen LogP contribution in [0.1, 0.15) is 18.1 Å². The summed E-state index contributed by atoms with van der Waals surface area (Å²) in [6.45, 7) is 4.80. The maximum Gasteiger partial charge on any atom is 0.250 e. The minimum atomic E-state index is -0.206. The number of nitrogens with one attached hydrogen (secondary N) is 1. The fourth-order valence-electron chi connectivity index (χ4n) is 2.39. The highest BCUT2D eigenvalue weighted by atomic mass is 32.2. The normalized spacial score (nSPS) is 11.0. The van der Waals surface area contributed by atoms with Gasteiger partial charge in [0, 0.05) is 30.1 Å². The van der Waals surface area contributed by atoms with Gasteiger partial charge in [0.15, 0.2) is 11.0 Å². The highest BCUT2D eigenvalue weighted by Crippen LogP contribution is 2.24. The molecule has 0 aliphatic rings. The number of pyridine rings is 1. The number of hydrogen-bond acceptors (Lipinski definition) is 6. The predicted octanol–water partition coefficient (Wildman–Crippen LogP) is 2.91. The second-order valence-corrected chi connectivity index (χ2v) is 6.73. The molecule has 1 N–H and O–H groups in total. The van der Waals surface area contributed by atoms with E-state index in [2.05, 4.69) is 25.7 Å². The molecule has 27 heavy (non-hydrogen) atoms. The maximum absolute atomic E-state index is 12.0. The van der Waals surface area contributed by atoms with E-state index in [4.69, 9.17) is 0 Å². The Balaban J connectivity index is 1.60. The molecule has 0 bridgehead atoms. The number of aromatic nitrogens is 4. The fraction of sp³-hybridized carbons (Fsp3) is 0.211. The first-order valence-corrected chi connectivity index (χ1v) is 9.51. The monoisotopic (exact) mass is 380 g/mol. The summed E-state index contributed by atoms with van der Waals surface area (Å²) >= 11 is 1.34. The highest BCUT2D eigenvalue weighted by Gasteiger charge is 2.14. The molecule has 0 radical (unpaired) electrons. The molecule has 8 heteroatoms. The lowest BCUT2D eigenvalue weighted by molar-refractivity contribution is -0.118. The van der Waals surface area contributed by atoms with E-state index in [1.807, 2.05) is 54.8 Å². The van der Waals surface area contributed by atoms with Crippen LogP contribution in [0, 0.1) is 6.92 Å². The largest absolute Gasteiger partial charge is 0.302 e. The van der Waals surface area contributed by atoms with Crippen LogP contribution in [-0.4, -0.2) is 37.6 Å². The van der Waals surface area contributed by atoms with Gasteiger partial charge in [0.25, 0.3) is 5.91 Å². The van der Waals surface area contributed by atoms with E-state index in [0.717, 1.165) is 23.5 Å². The van der Waals surface area contributed by atoms with Crippen molar-refractivity contribution in [3.8, 4) is 11.4 Å². The van der Waals surface area contributed by atoms with Crippen LogP contribution < -0.4 is 5.43 Å². The Kier molecular flexibility index (Phi) is 6.32.